The lowest BCUT2D eigenvalue weighted by Gasteiger charge is -2.25. The highest BCUT2D eigenvalue weighted by Crippen LogP contribution is 2.31. The van der Waals surface area contributed by atoms with Gasteiger partial charge < -0.3 is 15.0 Å². The molecule has 2 heterocycles. The molecule has 0 unspecified atom stereocenters. The second-order valence-electron chi connectivity index (χ2n) is 6.58. The van der Waals surface area contributed by atoms with E-state index in [-0.39, 0.29) is 18.0 Å². The van der Waals surface area contributed by atoms with Crippen LogP contribution < -0.4 is 5.32 Å². The van der Waals surface area contributed by atoms with Gasteiger partial charge in [-0.05, 0) is 41.5 Å². The number of benzene rings is 2. The minimum atomic E-state index is -0.344. The number of aromatic amines is 1. The van der Waals surface area contributed by atoms with Crippen LogP contribution in [0.4, 0.5) is 0 Å². The van der Waals surface area contributed by atoms with Gasteiger partial charge >= 0.3 is 5.97 Å². The van der Waals surface area contributed by atoms with Crippen LogP contribution in [-0.4, -0.2) is 23.4 Å². The van der Waals surface area contributed by atoms with Crippen molar-refractivity contribution < 1.29 is 14.3 Å². The molecule has 1 amide bonds. The van der Waals surface area contributed by atoms with Crippen molar-refractivity contribution in [2.45, 2.75) is 18.9 Å². The first-order valence-electron chi connectivity index (χ1n) is 9.00. The molecular weight excluding hydrogens is 340 g/mol. The van der Waals surface area contributed by atoms with E-state index in [2.05, 4.69) is 10.3 Å². The number of rotatable bonds is 5. The highest BCUT2D eigenvalue weighted by Gasteiger charge is 2.28. The Kier molecular flexibility index (Phi) is 4.75. The van der Waals surface area contributed by atoms with Gasteiger partial charge in [0.2, 0.25) is 0 Å². The molecule has 0 spiro atoms. The molecule has 1 aliphatic rings. The van der Waals surface area contributed by atoms with Crippen molar-refractivity contribution in [3.05, 3.63) is 94.8 Å². The van der Waals surface area contributed by atoms with E-state index < -0.39 is 0 Å². The fourth-order valence-corrected chi connectivity index (χ4v) is 3.33. The van der Waals surface area contributed by atoms with Crippen molar-refractivity contribution >= 4 is 11.9 Å². The number of carbonyl (C=O) groups excluding carboxylic acids is 2. The summed E-state index contributed by atoms with van der Waals surface area (Å²) in [7, 11) is 0. The van der Waals surface area contributed by atoms with Crippen LogP contribution in [0.15, 0.2) is 66.9 Å². The van der Waals surface area contributed by atoms with E-state index in [0.29, 0.717) is 24.1 Å². The predicted molar refractivity (Wildman–Crippen MR) is 102 cm³/mol. The van der Waals surface area contributed by atoms with Crippen LogP contribution in [0.1, 0.15) is 43.6 Å². The number of carbonyl (C=O) groups is 2. The third kappa shape index (κ3) is 3.77. The van der Waals surface area contributed by atoms with Crippen molar-refractivity contribution in [3.63, 3.8) is 0 Å². The molecule has 0 bridgehead atoms. The monoisotopic (exact) mass is 360 g/mol. The molecule has 0 saturated carbocycles. The summed E-state index contributed by atoms with van der Waals surface area (Å²) in [6, 6.07) is 18.7. The first-order valence-corrected chi connectivity index (χ1v) is 9.00. The molecular formula is C22H20N2O3. The lowest BCUT2D eigenvalue weighted by molar-refractivity contribution is 0.0252. The second-order valence-corrected chi connectivity index (χ2v) is 6.58. The van der Waals surface area contributed by atoms with Gasteiger partial charge in [-0.2, -0.15) is 0 Å². The van der Waals surface area contributed by atoms with Gasteiger partial charge in [-0.3, -0.25) is 4.79 Å². The van der Waals surface area contributed by atoms with Crippen LogP contribution in [0.5, 0.6) is 0 Å². The van der Waals surface area contributed by atoms with Crippen molar-refractivity contribution in [1.29, 1.82) is 0 Å². The Balaban J connectivity index is 1.47. The molecule has 0 fully saturated rings. The second kappa shape index (κ2) is 7.50. The largest absolute Gasteiger partial charge is 0.454 e. The van der Waals surface area contributed by atoms with E-state index in [1.54, 1.807) is 18.2 Å². The molecule has 4 rings (SSSR count). The van der Waals surface area contributed by atoms with Crippen molar-refractivity contribution in [1.82, 2.24) is 10.3 Å². The number of amides is 1. The van der Waals surface area contributed by atoms with Gasteiger partial charge in [-0.15, -0.1) is 0 Å². The van der Waals surface area contributed by atoms with E-state index in [1.165, 1.54) is 0 Å². The Morgan fingerprint density at radius 2 is 1.96 bits per heavy atom. The molecule has 2 aromatic carbocycles. The van der Waals surface area contributed by atoms with E-state index in [0.717, 1.165) is 23.2 Å². The molecule has 1 aliphatic heterocycles. The zero-order valence-corrected chi connectivity index (χ0v) is 14.8. The summed E-state index contributed by atoms with van der Waals surface area (Å²) in [6.45, 7) is 0.547. The van der Waals surface area contributed by atoms with Gasteiger partial charge in [-0.1, -0.05) is 30.3 Å². The Morgan fingerprint density at radius 3 is 2.74 bits per heavy atom. The van der Waals surface area contributed by atoms with Gasteiger partial charge in [0, 0.05) is 36.8 Å². The first kappa shape index (κ1) is 17.1. The predicted octanol–water partition coefficient (Wildman–Crippen LogP) is 3.44. The number of ether oxygens (including phenoxy) is 1. The first-order chi connectivity index (χ1) is 13.2. The van der Waals surface area contributed by atoms with Crippen LogP contribution in [0.3, 0.4) is 0 Å². The highest BCUT2D eigenvalue weighted by atomic mass is 16.5. The number of esters is 1. The fraction of sp³-hybridized carbons (Fsp3) is 0.182. The fourth-order valence-electron chi connectivity index (χ4n) is 3.33. The summed E-state index contributed by atoms with van der Waals surface area (Å²) in [5.74, 6) is -0.483. The Hall–Kier alpha value is -3.34. The van der Waals surface area contributed by atoms with E-state index in [1.807, 2.05) is 48.7 Å². The molecule has 136 valence electrons. The average Bonchev–Trinajstić information content (AvgIpc) is 3.21. The maximum atomic E-state index is 12.5. The number of hydrogen-bond acceptors (Lipinski definition) is 3. The molecule has 5 heteroatoms. The molecule has 0 radical (unpaired) electrons. The number of cyclic esters (lactones) is 1. The van der Waals surface area contributed by atoms with Gasteiger partial charge in [0.25, 0.3) is 5.91 Å². The zero-order valence-electron chi connectivity index (χ0n) is 14.8. The van der Waals surface area contributed by atoms with Gasteiger partial charge in [0.05, 0.1) is 5.56 Å². The normalized spacial score (nSPS) is 15.7. The Labute approximate surface area is 157 Å². The third-order valence-corrected chi connectivity index (χ3v) is 4.76. The standard InChI is InChI=1S/C22H20N2O3/c25-21(24-12-10-18-7-4-11-23-18)16-8-9-19-17(13-16)14-20(27-22(19)26)15-5-2-1-3-6-15/h1-9,11,13,20,23H,10,12,14H2,(H,24,25)/t20-/m0/s1. The summed E-state index contributed by atoms with van der Waals surface area (Å²) in [5, 5.41) is 2.92. The summed E-state index contributed by atoms with van der Waals surface area (Å²) in [4.78, 5) is 27.9. The molecule has 2 N–H and O–H groups in total. The molecule has 5 nitrogen and oxygen atoms in total. The Morgan fingerprint density at radius 1 is 1.11 bits per heavy atom. The number of H-pyrrole nitrogens is 1. The maximum Gasteiger partial charge on any atom is 0.339 e. The van der Waals surface area contributed by atoms with Crippen molar-refractivity contribution in [2.24, 2.45) is 0 Å². The molecule has 1 atom stereocenters. The maximum absolute atomic E-state index is 12.5. The summed E-state index contributed by atoms with van der Waals surface area (Å²) in [5.41, 5.74) is 3.97. The lowest BCUT2D eigenvalue weighted by Crippen LogP contribution is -2.27. The number of nitrogens with one attached hydrogen (secondary N) is 2. The smallest absolute Gasteiger partial charge is 0.339 e. The number of fused-ring (bicyclic) bond motifs is 1. The lowest BCUT2D eigenvalue weighted by atomic mass is 9.93. The van der Waals surface area contributed by atoms with Crippen molar-refractivity contribution in [2.75, 3.05) is 6.54 Å². The van der Waals surface area contributed by atoms with Gasteiger partial charge in [-0.25, -0.2) is 4.79 Å². The van der Waals surface area contributed by atoms with E-state index >= 15 is 0 Å². The van der Waals surface area contributed by atoms with Gasteiger partial charge in [0.15, 0.2) is 0 Å². The summed E-state index contributed by atoms with van der Waals surface area (Å²) < 4.78 is 5.56. The van der Waals surface area contributed by atoms with Crippen LogP contribution in [-0.2, 0) is 17.6 Å². The summed E-state index contributed by atoms with van der Waals surface area (Å²) >= 11 is 0. The third-order valence-electron chi connectivity index (χ3n) is 4.76. The topological polar surface area (TPSA) is 71.2 Å². The van der Waals surface area contributed by atoms with Crippen LogP contribution >= 0.6 is 0 Å². The molecule has 27 heavy (non-hydrogen) atoms. The minimum absolute atomic E-state index is 0.139. The molecule has 0 saturated heterocycles. The van der Waals surface area contributed by atoms with E-state index in [4.69, 9.17) is 4.74 Å². The van der Waals surface area contributed by atoms with Crippen LogP contribution in [0.25, 0.3) is 0 Å². The quantitative estimate of drug-likeness (QED) is 0.685. The highest BCUT2D eigenvalue weighted by molar-refractivity contribution is 5.97. The molecule has 3 aromatic rings. The number of hydrogen-bond donors (Lipinski definition) is 2. The minimum Gasteiger partial charge on any atom is -0.454 e. The molecule has 1 aromatic heterocycles. The average molecular weight is 360 g/mol. The SMILES string of the molecule is O=C(NCCc1ccc[nH]1)c1ccc2c(c1)C[C@@H](c1ccccc1)OC2=O. The van der Waals surface area contributed by atoms with Crippen LogP contribution in [0.2, 0.25) is 0 Å². The van der Waals surface area contributed by atoms with E-state index in [9.17, 15) is 9.59 Å². The van der Waals surface area contributed by atoms with Gasteiger partial charge in [0.1, 0.15) is 6.10 Å². The molecule has 0 aliphatic carbocycles. The number of aromatic nitrogens is 1. The zero-order chi connectivity index (χ0) is 18.6. The summed E-state index contributed by atoms with van der Waals surface area (Å²) in [6.07, 6.45) is 2.85. The van der Waals surface area contributed by atoms with Crippen LogP contribution in [0, 0.1) is 0 Å². The van der Waals surface area contributed by atoms with Crippen molar-refractivity contribution in [3.8, 4) is 0 Å². The Bertz CT molecular complexity index is 949.